The number of nitrogens with zero attached hydrogens (tertiary/aromatic N) is 3. The molecular formula is C45H74N6O12. The van der Waals surface area contributed by atoms with Crippen LogP contribution in [0.15, 0.2) is 30.3 Å². The van der Waals surface area contributed by atoms with Gasteiger partial charge in [-0.05, 0) is 43.2 Å². The number of amides is 4. The number of carbonyl (C=O) groups excluding carboxylic acids is 5. The van der Waals surface area contributed by atoms with Gasteiger partial charge in [0, 0.05) is 40.8 Å². The van der Waals surface area contributed by atoms with Crippen molar-refractivity contribution >= 4 is 41.5 Å². The molecular weight excluding hydrogens is 817 g/mol. The number of carboxylic acids is 2. The Labute approximate surface area is 373 Å². The van der Waals surface area contributed by atoms with Crippen molar-refractivity contribution in [1.29, 1.82) is 0 Å². The zero-order chi connectivity index (χ0) is 47.6. The molecule has 1 fully saturated rings. The quantitative estimate of drug-likeness (QED) is 0.0759. The van der Waals surface area contributed by atoms with Crippen molar-refractivity contribution in [2.45, 2.75) is 123 Å². The van der Waals surface area contributed by atoms with Crippen LogP contribution in [0.5, 0.6) is 0 Å². The van der Waals surface area contributed by atoms with E-state index in [1.165, 1.54) is 14.2 Å². The summed E-state index contributed by atoms with van der Waals surface area (Å²) >= 11 is 0. The Kier molecular flexibility index (Phi) is 23.2. The molecule has 63 heavy (non-hydrogen) atoms. The largest absolute Gasteiger partial charge is 0.480 e. The number of carbonyl (C=O) groups is 7. The molecule has 5 N–H and O–H groups in total. The Bertz CT molecular complexity index is 1630. The molecule has 0 aliphatic carbocycles. The minimum atomic E-state index is -1.24. The van der Waals surface area contributed by atoms with E-state index in [9.17, 15) is 43.8 Å². The molecule has 0 unspecified atom stereocenters. The number of methoxy groups -OCH3 is 2. The van der Waals surface area contributed by atoms with Gasteiger partial charge in [0.2, 0.25) is 23.6 Å². The van der Waals surface area contributed by atoms with E-state index in [0.717, 1.165) is 10.5 Å². The highest BCUT2D eigenvalue weighted by atomic mass is 16.5. The zero-order valence-corrected chi connectivity index (χ0v) is 39.1. The average Bonchev–Trinajstić information content (AvgIpc) is 3.71. The van der Waals surface area contributed by atoms with Gasteiger partial charge in [-0.15, -0.1) is 0 Å². The van der Waals surface area contributed by atoms with Crippen molar-refractivity contribution in [3.63, 3.8) is 0 Å². The SMILES string of the molecule is CC[C@H](C)[C@@H]([C@@H](CC(=O)N1CCC[C@H]1[C@H](OC)[C@@H](C)C(=O)N[C@@H](Cc1ccccc1)C(=O)OCCN(CC(=O)O)CC(=O)O)OC)N(C)C(=O)[C@@H](NC(=O)[C@@H](NC)C(C)C)C(C)C. The predicted molar refractivity (Wildman–Crippen MR) is 235 cm³/mol. The molecule has 1 heterocycles. The molecule has 1 aromatic rings. The number of likely N-dealkylation sites (N-methyl/N-ethyl adjacent to an activating group) is 2. The molecule has 9 atom stereocenters. The molecule has 1 saturated heterocycles. The normalized spacial score (nSPS) is 17.9. The van der Waals surface area contributed by atoms with Gasteiger partial charge in [0.05, 0.1) is 55.8 Å². The summed E-state index contributed by atoms with van der Waals surface area (Å²) in [6, 6.07) is 5.47. The Balaban J connectivity index is 2.29. The van der Waals surface area contributed by atoms with Gasteiger partial charge in [0.25, 0.3) is 0 Å². The van der Waals surface area contributed by atoms with Crippen molar-refractivity contribution in [2.75, 3.05) is 61.1 Å². The van der Waals surface area contributed by atoms with Crippen molar-refractivity contribution in [3.8, 4) is 0 Å². The van der Waals surface area contributed by atoms with E-state index in [0.29, 0.717) is 25.8 Å². The molecule has 4 amide bonds. The number of rotatable bonds is 28. The fourth-order valence-corrected chi connectivity index (χ4v) is 8.37. The van der Waals surface area contributed by atoms with Crippen molar-refractivity contribution in [2.24, 2.45) is 23.7 Å². The van der Waals surface area contributed by atoms with Gasteiger partial charge in [-0.2, -0.15) is 0 Å². The second-order valence-electron chi connectivity index (χ2n) is 17.2. The number of aliphatic carboxylic acids is 2. The highest BCUT2D eigenvalue weighted by Crippen LogP contribution is 2.30. The van der Waals surface area contributed by atoms with Gasteiger partial charge >= 0.3 is 17.9 Å². The number of carboxylic acid groups (broad SMARTS) is 2. The van der Waals surface area contributed by atoms with Crippen LogP contribution < -0.4 is 16.0 Å². The highest BCUT2D eigenvalue weighted by molar-refractivity contribution is 5.90. The predicted octanol–water partition coefficient (Wildman–Crippen LogP) is 2.03. The van der Waals surface area contributed by atoms with Gasteiger partial charge in [0.1, 0.15) is 18.7 Å². The van der Waals surface area contributed by atoms with Crippen LogP contribution in [-0.4, -0.2) is 170 Å². The van der Waals surface area contributed by atoms with Crippen molar-refractivity contribution < 1.29 is 58.0 Å². The molecule has 1 aliphatic rings. The maximum atomic E-state index is 14.3. The third-order valence-corrected chi connectivity index (χ3v) is 12.0. The first-order valence-corrected chi connectivity index (χ1v) is 22.0. The topological polar surface area (TPSA) is 233 Å². The van der Waals surface area contributed by atoms with E-state index in [1.54, 1.807) is 55.1 Å². The summed E-state index contributed by atoms with van der Waals surface area (Å²) < 4.78 is 17.4. The van der Waals surface area contributed by atoms with E-state index in [2.05, 4.69) is 16.0 Å². The summed E-state index contributed by atoms with van der Waals surface area (Å²) in [6.45, 7) is 12.1. The Morgan fingerprint density at radius 1 is 0.857 bits per heavy atom. The lowest BCUT2D eigenvalue weighted by molar-refractivity contribution is -0.150. The molecule has 2 rings (SSSR count). The first-order chi connectivity index (χ1) is 29.7. The van der Waals surface area contributed by atoms with E-state index in [4.69, 9.17) is 14.2 Å². The average molecular weight is 891 g/mol. The lowest BCUT2D eigenvalue weighted by atomic mass is 9.89. The number of hydrogen-bond donors (Lipinski definition) is 5. The zero-order valence-electron chi connectivity index (χ0n) is 39.1. The van der Waals surface area contributed by atoms with Crippen molar-refractivity contribution in [3.05, 3.63) is 35.9 Å². The van der Waals surface area contributed by atoms with E-state index >= 15 is 0 Å². The molecule has 1 aliphatic heterocycles. The first kappa shape index (κ1) is 54.5. The molecule has 18 nitrogen and oxygen atoms in total. The number of esters is 1. The monoisotopic (exact) mass is 891 g/mol. The molecule has 18 heteroatoms. The first-order valence-electron chi connectivity index (χ1n) is 22.0. The van der Waals surface area contributed by atoms with Gasteiger partial charge in [-0.3, -0.25) is 33.7 Å². The molecule has 0 spiro atoms. The minimum Gasteiger partial charge on any atom is -0.480 e. The molecule has 0 saturated carbocycles. The Morgan fingerprint density at radius 2 is 1.46 bits per heavy atom. The molecule has 0 aromatic heterocycles. The van der Waals surface area contributed by atoms with Gasteiger partial charge in [-0.1, -0.05) is 85.2 Å². The maximum Gasteiger partial charge on any atom is 0.329 e. The Hall–Kier alpha value is -4.65. The van der Waals surface area contributed by atoms with Crippen LogP contribution in [0.3, 0.4) is 0 Å². The summed E-state index contributed by atoms with van der Waals surface area (Å²) in [7, 11) is 6.37. The van der Waals surface area contributed by atoms with Gasteiger partial charge in [0.15, 0.2) is 0 Å². The number of benzene rings is 1. The fraction of sp³-hybridized carbons (Fsp3) is 0.711. The standard InChI is InChI=1S/C45H74N6O12/c1-12-29(6)40(49(9)44(59)39(28(4)5)48-43(58)38(46-8)27(2)3)34(61-10)24-35(52)51-20-16-19-33(51)41(62-11)30(7)42(57)47-32(23-31-17-14-13-15-18-31)45(60)63-22-21-50(25-36(53)54)26-37(55)56/h13-15,17-18,27-30,32-34,38-41,46H,12,16,19-26H2,1-11H3,(H,47,57)(H,48,58)(H,53,54)(H,55,56)/t29-,30+,32-,33-,34+,38-,39-,40-,41+/m0/s1. The Morgan fingerprint density at radius 3 is 1.97 bits per heavy atom. The number of hydrogen-bond acceptors (Lipinski definition) is 12. The van der Waals surface area contributed by atoms with E-state index < -0.39 is 85.2 Å². The van der Waals surface area contributed by atoms with Gasteiger partial charge < -0.3 is 50.2 Å². The van der Waals surface area contributed by atoms with Crippen LogP contribution in [0.1, 0.15) is 79.7 Å². The smallest absolute Gasteiger partial charge is 0.329 e. The van der Waals surface area contributed by atoms with E-state index in [1.807, 2.05) is 47.6 Å². The molecule has 0 radical (unpaired) electrons. The summed E-state index contributed by atoms with van der Waals surface area (Å²) in [6.07, 6.45) is 0.406. The third kappa shape index (κ3) is 16.4. The van der Waals surface area contributed by atoms with Crippen LogP contribution in [-0.2, 0) is 54.2 Å². The maximum absolute atomic E-state index is 14.3. The van der Waals surface area contributed by atoms with Crippen molar-refractivity contribution in [1.82, 2.24) is 30.7 Å². The number of ether oxygens (including phenoxy) is 3. The second kappa shape index (κ2) is 26.9. The summed E-state index contributed by atoms with van der Waals surface area (Å²) in [5.41, 5.74) is 0.732. The fourth-order valence-electron chi connectivity index (χ4n) is 8.37. The van der Waals surface area contributed by atoms with Crippen LogP contribution in [0, 0.1) is 23.7 Å². The van der Waals surface area contributed by atoms with E-state index in [-0.39, 0.29) is 61.5 Å². The van der Waals surface area contributed by atoms with Gasteiger partial charge in [-0.25, -0.2) is 4.79 Å². The van der Waals surface area contributed by atoms with Crippen LogP contribution in [0.4, 0.5) is 0 Å². The second-order valence-corrected chi connectivity index (χ2v) is 17.2. The van der Waals surface area contributed by atoms with Crippen LogP contribution >= 0.6 is 0 Å². The summed E-state index contributed by atoms with van der Waals surface area (Å²) in [4.78, 5) is 96.2. The molecule has 0 bridgehead atoms. The molecule has 1 aromatic carbocycles. The summed E-state index contributed by atoms with van der Waals surface area (Å²) in [5.74, 6) is -5.76. The number of nitrogens with one attached hydrogen (secondary N) is 3. The third-order valence-electron chi connectivity index (χ3n) is 12.0. The number of likely N-dealkylation sites (tertiary alicyclic amines) is 1. The van der Waals surface area contributed by atoms with Crippen LogP contribution in [0.2, 0.25) is 0 Å². The van der Waals surface area contributed by atoms with Crippen LogP contribution in [0.25, 0.3) is 0 Å². The lowest BCUT2D eigenvalue weighted by Gasteiger charge is -2.41. The summed E-state index contributed by atoms with van der Waals surface area (Å²) in [5, 5.41) is 27.1. The lowest BCUT2D eigenvalue weighted by Crippen LogP contribution is -2.59. The highest BCUT2D eigenvalue weighted by Gasteiger charge is 2.43. The molecule has 356 valence electrons. The minimum absolute atomic E-state index is 0.00649.